The van der Waals surface area contributed by atoms with Crippen molar-refractivity contribution in [3.05, 3.63) is 45.9 Å². The number of carbonyl (C=O) groups excluding carboxylic acids is 1. The molecule has 0 unspecified atom stereocenters. The smallest absolute Gasteiger partial charge is 0.203 e. The average Bonchev–Trinajstić information content (AvgIpc) is 2.78. The van der Waals surface area contributed by atoms with Gasteiger partial charge in [0.1, 0.15) is 0 Å². The standard InChI is InChI=1S/C22H26Cl2N2O4/c1-28-19-13-15(14-20(29-2)22(19)30-3)18(27)7-8-25-9-11-26(12-10-25)17-6-4-5-16(23)21(17)24/h4-6,13-14H,7-12H2,1-3H3. The fourth-order valence-electron chi connectivity index (χ4n) is 3.60. The van der Waals surface area contributed by atoms with Gasteiger partial charge in [0, 0.05) is 44.7 Å². The number of ether oxygens (including phenoxy) is 3. The zero-order valence-corrected chi connectivity index (χ0v) is 18.9. The number of hydrogen-bond donors (Lipinski definition) is 0. The molecule has 0 radical (unpaired) electrons. The van der Waals surface area contributed by atoms with Gasteiger partial charge in [0.2, 0.25) is 5.75 Å². The van der Waals surface area contributed by atoms with Gasteiger partial charge < -0.3 is 19.1 Å². The molecular weight excluding hydrogens is 427 g/mol. The molecule has 162 valence electrons. The van der Waals surface area contributed by atoms with Crippen molar-refractivity contribution in [2.45, 2.75) is 6.42 Å². The Morgan fingerprint density at radius 2 is 1.60 bits per heavy atom. The van der Waals surface area contributed by atoms with Gasteiger partial charge in [-0.3, -0.25) is 9.69 Å². The summed E-state index contributed by atoms with van der Waals surface area (Å²) in [4.78, 5) is 17.3. The van der Waals surface area contributed by atoms with Gasteiger partial charge in [-0.15, -0.1) is 0 Å². The lowest BCUT2D eigenvalue weighted by Gasteiger charge is -2.36. The summed E-state index contributed by atoms with van der Waals surface area (Å²) in [6.07, 6.45) is 0.413. The molecule has 0 atom stereocenters. The van der Waals surface area contributed by atoms with Gasteiger partial charge in [-0.05, 0) is 24.3 Å². The van der Waals surface area contributed by atoms with Gasteiger partial charge in [0.25, 0.3) is 0 Å². The maximum absolute atomic E-state index is 12.8. The molecule has 1 aliphatic heterocycles. The van der Waals surface area contributed by atoms with Crippen LogP contribution in [0.5, 0.6) is 17.2 Å². The lowest BCUT2D eigenvalue weighted by Crippen LogP contribution is -2.47. The number of Topliss-reactive ketones (excluding diaryl/α,β-unsaturated/α-hetero) is 1. The Balaban J connectivity index is 1.58. The van der Waals surface area contributed by atoms with E-state index in [0.29, 0.717) is 45.8 Å². The summed E-state index contributed by atoms with van der Waals surface area (Å²) in [5.74, 6) is 1.47. The second-order valence-electron chi connectivity index (χ2n) is 6.99. The van der Waals surface area contributed by atoms with Gasteiger partial charge in [-0.25, -0.2) is 0 Å². The topological polar surface area (TPSA) is 51.2 Å². The Morgan fingerprint density at radius 1 is 0.967 bits per heavy atom. The summed E-state index contributed by atoms with van der Waals surface area (Å²) in [7, 11) is 4.62. The third-order valence-corrected chi connectivity index (χ3v) is 6.09. The van der Waals surface area contributed by atoms with Gasteiger partial charge in [-0.2, -0.15) is 0 Å². The molecule has 0 aliphatic carbocycles. The number of piperazine rings is 1. The van der Waals surface area contributed by atoms with Crippen LogP contribution in [-0.2, 0) is 0 Å². The number of halogens is 2. The quantitative estimate of drug-likeness (QED) is 0.552. The van der Waals surface area contributed by atoms with Crippen molar-refractivity contribution < 1.29 is 19.0 Å². The monoisotopic (exact) mass is 452 g/mol. The summed E-state index contributed by atoms with van der Waals surface area (Å²) in [5, 5.41) is 1.15. The zero-order valence-electron chi connectivity index (χ0n) is 17.4. The van der Waals surface area contributed by atoms with E-state index in [-0.39, 0.29) is 5.78 Å². The van der Waals surface area contributed by atoms with Crippen molar-refractivity contribution in [3.63, 3.8) is 0 Å². The molecule has 0 spiro atoms. The van der Waals surface area contributed by atoms with E-state index in [1.165, 1.54) is 21.3 Å². The van der Waals surface area contributed by atoms with E-state index >= 15 is 0 Å². The van der Waals surface area contributed by atoms with Crippen LogP contribution in [0.15, 0.2) is 30.3 Å². The first-order chi connectivity index (χ1) is 14.5. The van der Waals surface area contributed by atoms with E-state index in [9.17, 15) is 4.79 Å². The number of anilines is 1. The van der Waals surface area contributed by atoms with Crippen molar-refractivity contribution in [1.29, 1.82) is 0 Å². The minimum absolute atomic E-state index is 0.0366. The number of carbonyl (C=O) groups is 1. The molecule has 30 heavy (non-hydrogen) atoms. The van der Waals surface area contributed by atoms with Crippen molar-refractivity contribution in [3.8, 4) is 17.2 Å². The normalized spacial score (nSPS) is 14.5. The van der Waals surface area contributed by atoms with Gasteiger partial charge in [0.15, 0.2) is 17.3 Å². The van der Waals surface area contributed by atoms with Gasteiger partial charge in [-0.1, -0.05) is 29.3 Å². The molecule has 1 heterocycles. The predicted molar refractivity (Wildman–Crippen MR) is 120 cm³/mol. The molecule has 0 N–H and O–H groups in total. The van der Waals surface area contributed by atoms with Crippen molar-refractivity contribution in [1.82, 2.24) is 4.90 Å². The number of ketones is 1. The first kappa shape index (κ1) is 22.5. The highest BCUT2D eigenvalue weighted by Gasteiger charge is 2.21. The maximum Gasteiger partial charge on any atom is 0.203 e. The molecular formula is C22H26Cl2N2O4. The number of hydrogen-bond acceptors (Lipinski definition) is 6. The zero-order chi connectivity index (χ0) is 21.7. The summed E-state index contributed by atoms with van der Waals surface area (Å²) in [6.45, 7) is 4.06. The Kier molecular flexibility index (Phi) is 7.69. The Hall–Kier alpha value is -2.15. The third kappa shape index (κ3) is 4.94. The number of rotatable bonds is 8. The highest BCUT2D eigenvalue weighted by molar-refractivity contribution is 6.43. The Morgan fingerprint density at radius 3 is 2.17 bits per heavy atom. The lowest BCUT2D eigenvalue weighted by atomic mass is 10.1. The van der Waals surface area contributed by atoms with E-state index in [0.717, 1.165) is 31.9 Å². The average molecular weight is 453 g/mol. The molecule has 3 rings (SSSR count). The van der Waals surface area contributed by atoms with E-state index in [1.807, 2.05) is 12.1 Å². The summed E-state index contributed by atoms with van der Waals surface area (Å²) in [6, 6.07) is 9.08. The number of benzene rings is 2. The molecule has 0 aromatic heterocycles. The maximum atomic E-state index is 12.8. The molecule has 0 bridgehead atoms. The van der Waals surface area contributed by atoms with Gasteiger partial charge in [0.05, 0.1) is 37.1 Å². The van der Waals surface area contributed by atoms with Crippen LogP contribution in [0.3, 0.4) is 0 Å². The van der Waals surface area contributed by atoms with Crippen LogP contribution in [0, 0.1) is 0 Å². The summed E-state index contributed by atoms with van der Waals surface area (Å²) >= 11 is 12.5. The Labute approximate surface area is 187 Å². The number of nitrogens with zero attached hydrogens (tertiary/aromatic N) is 2. The fraction of sp³-hybridized carbons (Fsp3) is 0.409. The molecule has 1 fully saturated rings. The number of methoxy groups -OCH3 is 3. The van der Waals surface area contributed by atoms with Crippen LogP contribution < -0.4 is 19.1 Å². The highest BCUT2D eigenvalue weighted by Crippen LogP contribution is 2.38. The molecule has 0 saturated carbocycles. The third-order valence-electron chi connectivity index (χ3n) is 5.29. The summed E-state index contributed by atoms with van der Waals surface area (Å²) < 4.78 is 16.0. The van der Waals surface area contributed by atoms with Crippen LogP contribution in [0.25, 0.3) is 0 Å². The lowest BCUT2D eigenvalue weighted by molar-refractivity contribution is 0.0961. The predicted octanol–water partition coefficient (Wildman–Crippen LogP) is 4.41. The van der Waals surface area contributed by atoms with Crippen LogP contribution in [0.4, 0.5) is 5.69 Å². The largest absolute Gasteiger partial charge is 0.493 e. The molecule has 2 aromatic carbocycles. The van der Waals surface area contributed by atoms with Crippen LogP contribution >= 0.6 is 23.2 Å². The van der Waals surface area contributed by atoms with Crippen LogP contribution in [0.1, 0.15) is 16.8 Å². The molecule has 1 aliphatic rings. The van der Waals surface area contributed by atoms with Crippen molar-refractivity contribution in [2.24, 2.45) is 0 Å². The van der Waals surface area contributed by atoms with Crippen LogP contribution in [-0.4, -0.2) is 64.7 Å². The molecule has 8 heteroatoms. The van der Waals surface area contributed by atoms with Crippen molar-refractivity contribution in [2.75, 3.05) is 59.0 Å². The van der Waals surface area contributed by atoms with Crippen molar-refractivity contribution >= 4 is 34.7 Å². The van der Waals surface area contributed by atoms with Crippen LogP contribution in [0.2, 0.25) is 10.0 Å². The molecule has 6 nitrogen and oxygen atoms in total. The molecule has 0 amide bonds. The SMILES string of the molecule is COc1cc(C(=O)CCN2CCN(c3cccc(Cl)c3Cl)CC2)cc(OC)c1OC. The highest BCUT2D eigenvalue weighted by atomic mass is 35.5. The fourth-order valence-corrected chi connectivity index (χ4v) is 4.01. The molecule has 2 aromatic rings. The van der Waals surface area contributed by atoms with E-state index in [1.54, 1.807) is 18.2 Å². The second-order valence-corrected chi connectivity index (χ2v) is 7.77. The second kappa shape index (κ2) is 10.2. The first-order valence-electron chi connectivity index (χ1n) is 9.73. The Bertz CT molecular complexity index is 874. The van der Waals surface area contributed by atoms with Gasteiger partial charge >= 0.3 is 0 Å². The minimum atomic E-state index is 0.0366. The van der Waals surface area contributed by atoms with E-state index in [4.69, 9.17) is 37.4 Å². The molecule has 1 saturated heterocycles. The first-order valence-corrected chi connectivity index (χ1v) is 10.5. The minimum Gasteiger partial charge on any atom is -0.493 e. The summed E-state index contributed by atoms with van der Waals surface area (Å²) in [5.41, 5.74) is 1.51. The van der Waals surface area contributed by atoms with E-state index < -0.39 is 0 Å². The van der Waals surface area contributed by atoms with E-state index in [2.05, 4.69) is 9.80 Å².